The Kier molecular flexibility index (Phi) is 4.08. The van der Waals surface area contributed by atoms with Gasteiger partial charge in [-0.1, -0.05) is 39.7 Å². The van der Waals surface area contributed by atoms with Crippen LogP contribution in [0.15, 0.2) is 51.4 Å². The summed E-state index contributed by atoms with van der Waals surface area (Å²) in [5, 5.41) is 12.0. The van der Waals surface area contributed by atoms with Gasteiger partial charge >= 0.3 is 0 Å². The van der Waals surface area contributed by atoms with E-state index >= 15 is 0 Å². The minimum Gasteiger partial charge on any atom is -0.456 e. The maximum Gasteiger partial charge on any atom is 0.153 e. The van der Waals surface area contributed by atoms with Crippen molar-refractivity contribution < 1.29 is 9.52 Å². The van der Waals surface area contributed by atoms with E-state index in [0.29, 0.717) is 16.4 Å². The van der Waals surface area contributed by atoms with Crippen molar-refractivity contribution in [3.63, 3.8) is 0 Å². The highest BCUT2D eigenvalue weighted by molar-refractivity contribution is 14.1. The van der Waals surface area contributed by atoms with Crippen LogP contribution in [0.25, 0.3) is 11.0 Å². The number of aliphatic hydroxyl groups is 1. The number of aliphatic hydroxyl groups excluding tert-OH is 1. The largest absolute Gasteiger partial charge is 0.456 e. The van der Waals surface area contributed by atoms with Crippen LogP contribution in [0, 0.1) is 3.57 Å². The molecule has 0 aliphatic carbocycles. The van der Waals surface area contributed by atoms with Gasteiger partial charge in [0.1, 0.15) is 11.9 Å². The third kappa shape index (κ3) is 2.62. The molecule has 0 bridgehead atoms. The molecule has 5 heteroatoms. The van der Waals surface area contributed by atoms with E-state index in [2.05, 4.69) is 38.5 Å². The van der Waals surface area contributed by atoms with Crippen LogP contribution in [0.5, 0.6) is 0 Å². The van der Waals surface area contributed by atoms with Gasteiger partial charge in [0.25, 0.3) is 0 Å². The molecule has 0 saturated carbocycles. The van der Waals surface area contributed by atoms with Gasteiger partial charge in [-0.2, -0.15) is 0 Å². The van der Waals surface area contributed by atoms with Gasteiger partial charge in [-0.05, 0) is 52.9 Å². The summed E-state index contributed by atoms with van der Waals surface area (Å²) in [6.07, 6.45) is -0.817. The fraction of sp³-hybridized carbons (Fsp3) is 0.0667. The van der Waals surface area contributed by atoms with E-state index in [9.17, 15) is 5.11 Å². The summed E-state index contributed by atoms with van der Waals surface area (Å²) in [6, 6.07) is 13.1. The minimum atomic E-state index is -0.817. The lowest BCUT2D eigenvalue weighted by Gasteiger charge is -2.10. The predicted molar refractivity (Wildman–Crippen MR) is 92.1 cm³/mol. The molecule has 2 aromatic carbocycles. The number of benzene rings is 2. The van der Waals surface area contributed by atoms with Crippen molar-refractivity contribution in [3.8, 4) is 0 Å². The standard InChI is InChI=1S/C15H9BrClIO2/c16-9-4-5-12(18)10(7-9)14(19)13-6-8-2-1-3-11(17)15(8)20-13/h1-7,14,19H. The number of halogens is 3. The van der Waals surface area contributed by atoms with E-state index in [1.807, 2.05) is 36.4 Å². The van der Waals surface area contributed by atoms with Crippen LogP contribution in [-0.4, -0.2) is 5.11 Å². The topological polar surface area (TPSA) is 33.4 Å². The molecule has 0 amide bonds. The van der Waals surface area contributed by atoms with E-state index in [4.69, 9.17) is 16.0 Å². The monoisotopic (exact) mass is 462 g/mol. The second-order valence-corrected chi connectivity index (χ2v) is 6.86. The van der Waals surface area contributed by atoms with E-state index in [0.717, 1.165) is 19.0 Å². The van der Waals surface area contributed by atoms with Gasteiger partial charge in [0.15, 0.2) is 5.58 Å². The first kappa shape index (κ1) is 14.4. The molecule has 1 unspecified atom stereocenters. The van der Waals surface area contributed by atoms with Gasteiger partial charge in [-0.25, -0.2) is 0 Å². The van der Waals surface area contributed by atoms with Crippen LogP contribution >= 0.6 is 50.1 Å². The molecule has 1 heterocycles. The molecule has 2 nitrogen and oxygen atoms in total. The molecule has 3 rings (SSSR count). The quantitative estimate of drug-likeness (QED) is 0.507. The number of hydrogen-bond donors (Lipinski definition) is 1. The van der Waals surface area contributed by atoms with E-state index in [1.54, 1.807) is 6.07 Å². The van der Waals surface area contributed by atoms with Gasteiger partial charge in [0.2, 0.25) is 0 Å². The van der Waals surface area contributed by atoms with Crippen LogP contribution in [-0.2, 0) is 0 Å². The van der Waals surface area contributed by atoms with Crippen molar-refractivity contribution >= 4 is 61.1 Å². The third-order valence-corrected chi connectivity index (χ3v) is 4.81. The second kappa shape index (κ2) is 5.67. The maximum atomic E-state index is 10.5. The Bertz CT molecular complexity index is 785. The first-order valence-electron chi connectivity index (χ1n) is 5.87. The van der Waals surface area contributed by atoms with Gasteiger partial charge in [0, 0.05) is 19.0 Å². The lowest BCUT2D eigenvalue weighted by Crippen LogP contribution is -2.00. The molecular formula is C15H9BrClIO2. The third-order valence-electron chi connectivity index (χ3n) is 3.04. The van der Waals surface area contributed by atoms with E-state index < -0.39 is 6.10 Å². The Labute approximate surface area is 143 Å². The van der Waals surface area contributed by atoms with Crippen molar-refractivity contribution in [1.29, 1.82) is 0 Å². The summed E-state index contributed by atoms with van der Waals surface area (Å²) in [4.78, 5) is 0. The van der Waals surface area contributed by atoms with E-state index in [-0.39, 0.29) is 0 Å². The number of fused-ring (bicyclic) bond motifs is 1. The van der Waals surface area contributed by atoms with Crippen molar-refractivity contribution in [2.75, 3.05) is 0 Å². The zero-order chi connectivity index (χ0) is 14.3. The van der Waals surface area contributed by atoms with Crippen molar-refractivity contribution in [1.82, 2.24) is 0 Å². The van der Waals surface area contributed by atoms with Gasteiger partial charge in [-0.15, -0.1) is 0 Å². The molecule has 20 heavy (non-hydrogen) atoms. The Morgan fingerprint density at radius 2 is 2.00 bits per heavy atom. The highest BCUT2D eigenvalue weighted by Crippen LogP contribution is 2.34. The SMILES string of the molecule is OC(c1cc2cccc(Cl)c2o1)c1cc(Br)ccc1I. The fourth-order valence-corrected chi connectivity index (χ4v) is 3.29. The van der Waals surface area contributed by atoms with Crippen LogP contribution < -0.4 is 0 Å². The smallest absolute Gasteiger partial charge is 0.153 e. The molecule has 0 aliphatic rings. The Morgan fingerprint density at radius 1 is 1.20 bits per heavy atom. The Morgan fingerprint density at radius 3 is 2.75 bits per heavy atom. The second-order valence-electron chi connectivity index (χ2n) is 4.38. The van der Waals surface area contributed by atoms with Crippen LogP contribution in [0.4, 0.5) is 0 Å². The van der Waals surface area contributed by atoms with Gasteiger partial charge in [0.05, 0.1) is 5.02 Å². The molecule has 1 N–H and O–H groups in total. The Balaban J connectivity index is 2.10. The predicted octanol–water partition coefficient (Wildman–Crippen LogP) is 5.54. The van der Waals surface area contributed by atoms with Crippen molar-refractivity contribution in [2.24, 2.45) is 0 Å². The maximum absolute atomic E-state index is 10.5. The summed E-state index contributed by atoms with van der Waals surface area (Å²) < 4.78 is 7.60. The van der Waals surface area contributed by atoms with Crippen LogP contribution in [0.2, 0.25) is 5.02 Å². The molecule has 0 radical (unpaired) electrons. The highest BCUT2D eigenvalue weighted by Gasteiger charge is 2.19. The molecule has 1 aromatic heterocycles. The lowest BCUT2D eigenvalue weighted by molar-refractivity contribution is 0.191. The first-order chi connectivity index (χ1) is 9.56. The van der Waals surface area contributed by atoms with Gasteiger partial charge in [-0.3, -0.25) is 0 Å². The summed E-state index contributed by atoms with van der Waals surface area (Å²) in [7, 11) is 0. The van der Waals surface area contributed by atoms with E-state index in [1.165, 1.54) is 0 Å². The fourth-order valence-electron chi connectivity index (χ4n) is 2.06. The summed E-state index contributed by atoms with van der Waals surface area (Å²) in [5.41, 5.74) is 1.41. The van der Waals surface area contributed by atoms with Crippen LogP contribution in [0.1, 0.15) is 17.4 Å². The lowest BCUT2D eigenvalue weighted by atomic mass is 10.1. The summed E-state index contributed by atoms with van der Waals surface area (Å²) in [6.45, 7) is 0. The molecule has 3 aromatic rings. The molecular weight excluding hydrogens is 454 g/mol. The number of furan rings is 1. The molecule has 102 valence electrons. The first-order valence-corrected chi connectivity index (χ1v) is 8.12. The highest BCUT2D eigenvalue weighted by atomic mass is 127. The van der Waals surface area contributed by atoms with Crippen LogP contribution in [0.3, 0.4) is 0 Å². The summed E-state index contributed by atoms with van der Waals surface area (Å²) in [5.74, 6) is 0.490. The van der Waals surface area contributed by atoms with Crippen molar-refractivity contribution in [2.45, 2.75) is 6.10 Å². The number of para-hydroxylation sites is 1. The molecule has 0 fully saturated rings. The molecule has 0 aliphatic heterocycles. The number of hydrogen-bond acceptors (Lipinski definition) is 2. The Hall–Kier alpha value is -0.560. The van der Waals surface area contributed by atoms with Gasteiger partial charge < -0.3 is 9.52 Å². The zero-order valence-corrected chi connectivity index (χ0v) is 14.6. The average molecular weight is 463 g/mol. The molecule has 0 spiro atoms. The number of rotatable bonds is 2. The normalized spacial score (nSPS) is 12.8. The van der Waals surface area contributed by atoms with Crippen molar-refractivity contribution in [3.05, 3.63) is 66.9 Å². The zero-order valence-electron chi connectivity index (χ0n) is 10.1. The molecule has 1 atom stereocenters. The minimum absolute atomic E-state index is 0.490. The average Bonchev–Trinajstić information content (AvgIpc) is 2.86. The molecule has 0 saturated heterocycles. The summed E-state index contributed by atoms with van der Waals surface area (Å²) >= 11 is 11.7.